The molecule has 0 spiro atoms. The van der Waals surface area contributed by atoms with E-state index in [4.69, 9.17) is 14.2 Å². The molecule has 0 aliphatic rings. The molecule has 0 fully saturated rings. The number of esters is 3. The van der Waals surface area contributed by atoms with Crippen LogP contribution in [0.3, 0.4) is 0 Å². The first kappa shape index (κ1) is 60.0. The van der Waals surface area contributed by atoms with Crippen LogP contribution in [-0.4, -0.2) is 37.2 Å². The summed E-state index contributed by atoms with van der Waals surface area (Å²) < 4.78 is 16.6. The van der Waals surface area contributed by atoms with Gasteiger partial charge in [-0.2, -0.15) is 0 Å². The van der Waals surface area contributed by atoms with Crippen molar-refractivity contribution in [3.63, 3.8) is 0 Å². The van der Waals surface area contributed by atoms with E-state index in [0.29, 0.717) is 19.3 Å². The molecule has 0 radical (unpaired) electrons. The maximum atomic E-state index is 12.7. The third kappa shape index (κ3) is 49.9. The number of carbonyl (C=O) groups excluding carboxylic acids is 3. The molecule has 0 bridgehead atoms. The van der Waals surface area contributed by atoms with Crippen LogP contribution >= 0.6 is 0 Å². The van der Waals surface area contributed by atoms with Crippen molar-refractivity contribution in [1.82, 2.24) is 0 Å². The predicted molar refractivity (Wildman–Crippen MR) is 278 cm³/mol. The Morgan fingerprint density at radius 1 is 0.308 bits per heavy atom. The van der Waals surface area contributed by atoms with E-state index < -0.39 is 12.1 Å². The molecule has 0 N–H and O–H groups in total. The molecule has 0 aliphatic carbocycles. The second kappa shape index (κ2) is 51.7. The fourth-order valence-electron chi connectivity index (χ4n) is 5.91. The summed E-state index contributed by atoms with van der Waals surface area (Å²) in [5, 5.41) is 0. The van der Waals surface area contributed by atoms with Gasteiger partial charge in [-0.3, -0.25) is 14.4 Å². The first-order chi connectivity index (χ1) is 32.0. The van der Waals surface area contributed by atoms with Crippen molar-refractivity contribution in [1.29, 1.82) is 0 Å². The highest BCUT2D eigenvalue weighted by Gasteiger charge is 2.19. The topological polar surface area (TPSA) is 78.9 Å². The number of rotatable bonds is 42. The van der Waals surface area contributed by atoms with Gasteiger partial charge >= 0.3 is 17.9 Å². The van der Waals surface area contributed by atoms with E-state index in [1.165, 1.54) is 0 Å². The van der Waals surface area contributed by atoms with Crippen molar-refractivity contribution in [3.05, 3.63) is 158 Å². The molecule has 0 rings (SSSR count). The molecule has 1 unspecified atom stereocenters. The van der Waals surface area contributed by atoms with Crippen molar-refractivity contribution in [3.8, 4) is 0 Å². The number of hydrogen-bond donors (Lipinski definition) is 0. The molecule has 1 atom stereocenters. The highest BCUT2D eigenvalue weighted by molar-refractivity contribution is 5.71. The molecule has 0 aliphatic heterocycles. The van der Waals surface area contributed by atoms with Crippen LogP contribution in [0.2, 0.25) is 0 Å². The van der Waals surface area contributed by atoms with Gasteiger partial charge in [0.25, 0.3) is 0 Å². The lowest BCUT2D eigenvalue weighted by molar-refractivity contribution is -0.166. The Bertz CT molecular complexity index is 1540. The predicted octanol–water partition coefficient (Wildman–Crippen LogP) is 16.6. The van der Waals surface area contributed by atoms with Gasteiger partial charge in [0.2, 0.25) is 0 Å². The second-order valence-corrected chi connectivity index (χ2v) is 15.6. The van der Waals surface area contributed by atoms with Gasteiger partial charge < -0.3 is 14.2 Å². The zero-order chi connectivity index (χ0) is 47.2. The van der Waals surface area contributed by atoms with E-state index in [-0.39, 0.29) is 38.0 Å². The second-order valence-electron chi connectivity index (χ2n) is 15.6. The highest BCUT2D eigenvalue weighted by Crippen LogP contribution is 2.10. The lowest BCUT2D eigenvalue weighted by Crippen LogP contribution is -2.30. The minimum Gasteiger partial charge on any atom is -0.462 e. The van der Waals surface area contributed by atoms with Crippen LogP contribution < -0.4 is 0 Å². The molecule has 0 amide bonds. The average Bonchev–Trinajstić information content (AvgIpc) is 3.30. The van der Waals surface area contributed by atoms with E-state index in [1.807, 2.05) is 24.3 Å². The zero-order valence-electron chi connectivity index (χ0n) is 40.9. The van der Waals surface area contributed by atoms with E-state index in [2.05, 4.69) is 154 Å². The van der Waals surface area contributed by atoms with Crippen LogP contribution in [0, 0.1) is 0 Å². The minimum atomic E-state index is -0.860. The fraction of sp³-hybridized carbons (Fsp3) is 0.508. The normalized spacial score (nSPS) is 13.5. The first-order valence-electron chi connectivity index (χ1n) is 25.0. The van der Waals surface area contributed by atoms with Crippen LogP contribution in [0.1, 0.15) is 175 Å². The van der Waals surface area contributed by atoms with Gasteiger partial charge in [-0.05, 0) is 116 Å². The molecule has 65 heavy (non-hydrogen) atoms. The van der Waals surface area contributed by atoms with Gasteiger partial charge in [-0.15, -0.1) is 0 Å². The molecular weight excluding hydrogens is 805 g/mol. The summed E-state index contributed by atoms with van der Waals surface area (Å²) in [4.78, 5) is 37.9. The number of ether oxygens (including phenoxy) is 3. The van der Waals surface area contributed by atoms with Crippen molar-refractivity contribution in [2.24, 2.45) is 0 Å². The Kier molecular flexibility index (Phi) is 47.7. The molecular formula is C59H88O6. The molecule has 0 saturated carbocycles. The largest absolute Gasteiger partial charge is 0.462 e. The number of allylic oxidation sites excluding steroid dienone is 26. The third-order valence-electron chi connectivity index (χ3n) is 9.54. The summed E-state index contributed by atoms with van der Waals surface area (Å²) in [5.74, 6) is -1.15. The summed E-state index contributed by atoms with van der Waals surface area (Å²) >= 11 is 0. The van der Waals surface area contributed by atoms with E-state index in [9.17, 15) is 14.4 Å². The summed E-state index contributed by atoms with van der Waals surface area (Å²) in [6, 6.07) is 0. The van der Waals surface area contributed by atoms with Gasteiger partial charge in [0.05, 0.1) is 0 Å². The lowest BCUT2D eigenvalue weighted by Gasteiger charge is -2.18. The molecule has 6 heteroatoms. The quantitative estimate of drug-likeness (QED) is 0.0263. The smallest absolute Gasteiger partial charge is 0.306 e. The number of unbranched alkanes of at least 4 members (excludes halogenated alkanes) is 5. The van der Waals surface area contributed by atoms with E-state index in [0.717, 1.165) is 122 Å². The van der Waals surface area contributed by atoms with E-state index in [1.54, 1.807) is 0 Å². The molecule has 0 aromatic rings. The number of carbonyl (C=O) groups is 3. The molecule has 0 saturated heterocycles. The zero-order valence-corrected chi connectivity index (χ0v) is 40.9. The Balaban J connectivity index is 4.58. The van der Waals surface area contributed by atoms with E-state index >= 15 is 0 Å². The highest BCUT2D eigenvalue weighted by atomic mass is 16.6. The third-order valence-corrected chi connectivity index (χ3v) is 9.54. The maximum absolute atomic E-state index is 12.7. The van der Waals surface area contributed by atoms with Crippen LogP contribution in [0.25, 0.3) is 0 Å². The van der Waals surface area contributed by atoms with Crippen LogP contribution in [0.5, 0.6) is 0 Å². The van der Waals surface area contributed by atoms with Gasteiger partial charge in [0, 0.05) is 19.3 Å². The van der Waals surface area contributed by atoms with Crippen molar-refractivity contribution < 1.29 is 28.6 Å². The maximum Gasteiger partial charge on any atom is 0.306 e. The average molecular weight is 893 g/mol. The summed E-state index contributed by atoms with van der Waals surface area (Å²) in [5.41, 5.74) is 0. The molecule has 6 nitrogen and oxygen atoms in total. The summed E-state index contributed by atoms with van der Waals surface area (Å²) in [6.07, 6.45) is 75.4. The molecule has 360 valence electrons. The van der Waals surface area contributed by atoms with Gasteiger partial charge in [0.15, 0.2) is 6.10 Å². The molecule has 0 aromatic carbocycles. The summed E-state index contributed by atoms with van der Waals surface area (Å²) in [7, 11) is 0. The molecule has 0 heterocycles. The Hall–Kier alpha value is -4.97. The summed E-state index contributed by atoms with van der Waals surface area (Å²) in [6.45, 7) is 6.11. The first-order valence-corrected chi connectivity index (χ1v) is 25.0. The van der Waals surface area contributed by atoms with Crippen LogP contribution in [-0.2, 0) is 28.6 Å². The van der Waals surface area contributed by atoms with Gasteiger partial charge in [-0.1, -0.05) is 198 Å². The Morgan fingerprint density at radius 3 is 0.954 bits per heavy atom. The van der Waals surface area contributed by atoms with Crippen molar-refractivity contribution in [2.75, 3.05) is 13.2 Å². The monoisotopic (exact) mass is 893 g/mol. The SMILES string of the molecule is CC/C=C\C/C=C\C/C=C\C/C=C\C/C=C\CCCCCCCC(=O)OCC(COC(=O)CC/C=C\C/C=C\C/C=C\C/C=C\CC)OC(=O)CC/C=C\C/C=C\C/C=C\C/C=C\CC. The Morgan fingerprint density at radius 2 is 0.585 bits per heavy atom. The Labute approximate surface area is 397 Å². The van der Waals surface area contributed by atoms with Gasteiger partial charge in [0.1, 0.15) is 13.2 Å². The molecule has 0 aromatic heterocycles. The fourth-order valence-corrected chi connectivity index (χ4v) is 5.91. The van der Waals surface area contributed by atoms with Crippen LogP contribution in [0.4, 0.5) is 0 Å². The van der Waals surface area contributed by atoms with Crippen molar-refractivity contribution in [2.45, 2.75) is 181 Å². The van der Waals surface area contributed by atoms with Crippen molar-refractivity contribution >= 4 is 17.9 Å². The van der Waals surface area contributed by atoms with Crippen LogP contribution in [0.15, 0.2) is 158 Å². The number of hydrogen-bond acceptors (Lipinski definition) is 6. The standard InChI is InChI=1S/C59H88O6/c1-4-7-10-13-16-19-22-25-26-27-28-29-30-31-32-35-37-40-43-46-49-52-58(61)64-55-56(65-59(62)53-50-47-44-41-38-34-24-21-18-15-12-9-6-3)54-63-57(60)51-48-45-42-39-36-33-23-20-17-14-11-8-5-2/h7-12,16-21,25-26,28-29,31-34,36,38,42,44-45,47,56H,4-6,13-15,22-24,27,30,35,37,39-41,43,46,48-55H2,1-3H3/b10-7-,11-8-,12-9-,19-16-,20-17-,21-18-,26-25-,29-28-,32-31-,36-33-,38-34-,45-42-,47-44-. The van der Waals surface area contributed by atoms with Gasteiger partial charge in [-0.25, -0.2) is 0 Å². The lowest BCUT2D eigenvalue weighted by atomic mass is 10.1. The minimum absolute atomic E-state index is 0.147.